The van der Waals surface area contributed by atoms with Crippen LogP contribution >= 0.6 is 0 Å². The molecule has 163 valence electrons. The highest BCUT2D eigenvalue weighted by Crippen LogP contribution is 2.44. The third-order valence-corrected chi connectivity index (χ3v) is 5.47. The van der Waals surface area contributed by atoms with Crippen molar-refractivity contribution in [3.8, 4) is 11.1 Å². The Morgan fingerprint density at radius 1 is 1.00 bits per heavy atom. The van der Waals surface area contributed by atoms with Gasteiger partial charge in [0.05, 0.1) is 0 Å². The summed E-state index contributed by atoms with van der Waals surface area (Å²) in [4.78, 5) is 36.8. The van der Waals surface area contributed by atoms with E-state index in [0.717, 1.165) is 27.2 Å². The molecule has 1 aliphatic rings. The number of aliphatic carboxylic acids is 1. The maximum Gasteiger partial charge on any atom is 0.410 e. The van der Waals surface area contributed by atoms with Crippen LogP contribution in [0.4, 0.5) is 4.79 Å². The molecule has 31 heavy (non-hydrogen) atoms. The molecule has 3 rings (SSSR count). The van der Waals surface area contributed by atoms with E-state index >= 15 is 0 Å². The van der Waals surface area contributed by atoms with Crippen LogP contribution in [-0.2, 0) is 19.4 Å². The number of benzene rings is 2. The van der Waals surface area contributed by atoms with Gasteiger partial charge in [-0.3, -0.25) is 9.69 Å². The molecule has 1 atom stereocenters. The topological polar surface area (TPSA) is 104 Å². The van der Waals surface area contributed by atoms with Gasteiger partial charge in [0, 0.05) is 17.9 Å². The minimum Gasteiger partial charge on any atom is -0.481 e. The highest BCUT2D eigenvalue weighted by molar-refractivity contribution is 5.82. The third-order valence-electron chi connectivity index (χ3n) is 5.47. The Bertz CT molecular complexity index is 948. The van der Waals surface area contributed by atoms with E-state index in [1.807, 2.05) is 48.5 Å². The van der Waals surface area contributed by atoms with Crippen molar-refractivity contribution >= 4 is 18.0 Å². The Labute approximate surface area is 181 Å². The average molecular weight is 424 g/mol. The zero-order chi connectivity index (χ0) is 22.8. The van der Waals surface area contributed by atoms with Crippen molar-refractivity contribution in [1.82, 2.24) is 4.90 Å². The van der Waals surface area contributed by atoms with Crippen LogP contribution in [0.15, 0.2) is 48.5 Å². The minimum atomic E-state index is -1.51. The molecule has 7 nitrogen and oxygen atoms in total. The number of fused-ring (bicyclic) bond motifs is 3. The molecule has 0 aliphatic heterocycles. The van der Waals surface area contributed by atoms with Crippen LogP contribution in [0.5, 0.6) is 0 Å². The summed E-state index contributed by atoms with van der Waals surface area (Å²) in [6.07, 6.45) is -1.48. The summed E-state index contributed by atoms with van der Waals surface area (Å²) < 4.78 is 5.61. The minimum absolute atomic E-state index is 0.0398. The molecule has 0 bridgehead atoms. The van der Waals surface area contributed by atoms with Gasteiger partial charge in [-0.2, -0.15) is 0 Å². The van der Waals surface area contributed by atoms with E-state index in [9.17, 15) is 19.5 Å². The molecule has 7 heteroatoms. The summed E-state index contributed by atoms with van der Waals surface area (Å²) in [5, 5.41) is 20.7. The Morgan fingerprint density at radius 3 is 1.97 bits per heavy atom. The lowest BCUT2D eigenvalue weighted by Crippen LogP contribution is -2.55. The van der Waals surface area contributed by atoms with E-state index in [0.29, 0.717) is 0 Å². The second-order valence-corrected chi connectivity index (χ2v) is 8.61. The van der Waals surface area contributed by atoms with E-state index < -0.39 is 36.0 Å². The number of carboxylic acids is 1. The molecule has 0 fully saturated rings. The lowest BCUT2D eigenvalue weighted by Gasteiger charge is -2.38. The summed E-state index contributed by atoms with van der Waals surface area (Å²) in [7, 11) is 0. The van der Waals surface area contributed by atoms with Crippen molar-refractivity contribution in [3.05, 3.63) is 59.7 Å². The number of hydrogen-bond donors (Lipinski definition) is 1. The van der Waals surface area contributed by atoms with E-state index in [4.69, 9.17) is 9.84 Å². The Morgan fingerprint density at radius 2 is 1.52 bits per heavy atom. The van der Waals surface area contributed by atoms with Crippen LogP contribution in [0.25, 0.3) is 11.1 Å². The number of carbonyl (C=O) groups excluding carboxylic acids is 2. The second-order valence-electron chi connectivity index (χ2n) is 8.61. The van der Waals surface area contributed by atoms with E-state index in [1.165, 1.54) is 0 Å². The molecule has 0 spiro atoms. The molecule has 2 aromatic carbocycles. The Balaban J connectivity index is 1.83. The molecule has 1 aliphatic carbocycles. The molecule has 1 radical (unpaired) electrons. The largest absolute Gasteiger partial charge is 0.481 e. The predicted molar refractivity (Wildman–Crippen MR) is 113 cm³/mol. The summed E-state index contributed by atoms with van der Waals surface area (Å²) in [5.74, 6) is -2.82. The summed E-state index contributed by atoms with van der Waals surface area (Å²) in [6, 6.07) is 14.4. The van der Waals surface area contributed by atoms with Crippen LogP contribution in [0, 0.1) is 0 Å². The van der Waals surface area contributed by atoms with Crippen molar-refractivity contribution in [2.24, 2.45) is 0 Å². The van der Waals surface area contributed by atoms with Gasteiger partial charge >= 0.3 is 18.0 Å². The fourth-order valence-electron chi connectivity index (χ4n) is 4.14. The summed E-state index contributed by atoms with van der Waals surface area (Å²) >= 11 is 0. The molecule has 0 saturated carbocycles. The highest BCUT2D eigenvalue weighted by atomic mass is 16.6. The first-order valence-electron chi connectivity index (χ1n) is 10.2. The number of nitrogens with zero attached hydrogens (tertiary/aromatic N) is 1. The number of hydrogen-bond acceptors (Lipinski definition) is 4. The van der Waals surface area contributed by atoms with Gasteiger partial charge in [0.15, 0.2) is 0 Å². The standard InChI is InChI=1S/C24H26NO6/c1-24(2,3)25(20(22(28)29)12-13-21(26)27)23(30)31-14-19-17-10-6-4-8-15(17)16-9-5-7-11-18(16)19/h4-11,19-20H,12-14H2,1-3H3,(H,26,27)/t20-/m0/s1. The number of amides is 1. The second kappa shape index (κ2) is 8.79. The average Bonchev–Trinajstić information content (AvgIpc) is 3.02. The van der Waals surface area contributed by atoms with E-state index in [1.54, 1.807) is 20.8 Å². The third kappa shape index (κ3) is 4.71. The van der Waals surface area contributed by atoms with Gasteiger partial charge in [0.1, 0.15) is 12.6 Å². The van der Waals surface area contributed by atoms with Crippen LogP contribution in [-0.4, -0.2) is 46.2 Å². The van der Waals surface area contributed by atoms with Crippen LogP contribution in [0.2, 0.25) is 0 Å². The van der Waals surface area contributed by atoms with Gasteiger partial charge in [-0.05, 0) is 49.4 Å². The first kappa shape index (κ1) is 22.3. The molecule has 0 unspecified atom stereocenters. The van der Waals surface area contributed by atoms with Crippen molar-refractivity contribution in [2.45, 2.75) is 51.1 Å². The maximum atomic E-state index is 13.0. The Kier molecular flexibility index (Phi) is 6.34. The molecular formula is C24H26NO6. The number of rotatable bonds is 7. The van der Waals surface area contributed by atoms with E-state index in [2.05, 4.69) is 0 Å². The van der Waals surface area contributed by atoms with Gasteiger partial charge < -0.3 is 9.84 Å². The molecule has 0 aromatic heterocycles. The van der Waals surface area contributed by atoms with Gasteiger partial charge in [-0.1, -0.05) is 48.5 Å². The van der Waals surface area contributed by atoms with Crippen molar-refractivity contribution in [3.63, 3.8) is 0 Å². The number of ether oxygens (including phenoxy) is 1. The first-order valence-corrected chi connectivity index (χ1v) is 10.2. The maximum absolute atomic E-state index is 13.0. The Hall–Kier alpha value is -3.35. The quantitative estimate of drug-likeness (QED) is 0.716. The van der Waals surface area contributed by atoms with Crippen LogP contribution < -0.4 is 0 Å². The predicted octanol–water partition coefficient (Wildman–Crippen LogP) is 4.23. The fraction of sp³-hybridized carbons (Fsp3) is 0.375. The normalized spacial score (nSPS) is 13.8. The van der Waals surface area contributed by atoms with Crippen LogP contribution in [0.1, 0.15) is 50.7 Å². The number of carbonyl (C=O) groups is 3. The summed E-state index contributed by atoms with van der Waals surface area (Å²) in [5.41, 5.74) is 3.34. The zero-order valence-electron chi connectivity index (χ0n) is 17.8. The van der Waals surface area contributed by atoms with E-state index in [-0.39, 0.29) is 18.9 Å². The highest BCUT2D eigenvalue weighted by Gasteiger charge is 2.40. The molecule has 1 N–H and O–H groups in total. The summed E-state index contributed by atoms with van der Waals surface area (Å²) in [6.45, 7) is 5.06. The lowest BCUT2D eigenvalue weighted by atomic mass is 9.98. The molecule has 1 amide bonds. The lowest BCUT2D eigenvalue weighted by molar-refractivity contribution is -0.152. The zero-order valence-corrected chi connectivity index (χ0v) is 17.8. The first-order chi connectivity index (χ1) is 14.6. The molecule has 0 saturated heterocycles. The molecule has 2 aromatic rings. The van der Waals surface area contributed by atoms with Gasteiger partial charge in [0.2, 0.25) is 0 Å². The number of carboxylic acid groups (broad SMARTS) is 1. The fourth-order valence-corrected chi connectivity index (χ4v) is 4.14. The van der Waals surface area contributed by atoms with Crippen molar-refractivity contribution in [2.75, 3.05) is 6.61 Å². The van der Waals surface area contributed by atoms with Gasteiger partial charge in [-0.25, -0.2) is 14.7 Å². The SMILES string of the molecule is CC(C)(C)N(C(=O)OCC1c2ccccc2-c2ccccc21)[C@@H](CCC(=O)O)C([O])=O. The molecular weight excluding hydrogens is 398 g/mol. The monoisotopic (exact) mass is 424 g/mol. The van der Waals surface area contributed by atoms with Gasteiger partial charge in [0.25, 0.3) is 0 Å². The van der Waals surface area contributed by atoms with Crippen LogP contribution in [0.3, 0.4) is 0 Å². The van der Waals surface area contributed by atoms with Gasteiger partial charge in [-0.15, -0.1) is 0 Å². The van der Waals surface area contributed by atoms with Crippen molar-refractivity contribution in [1.29, 1.82) is 0 Å². The molecule has 0 heterocycles. The van der Waals surface area contributed by atoms with Crippen molar-refractivity contribution < 1.29 is 29.3 Å². The smallest absolute Gasteiger partial charge is 0.410 e.